The number of nitrogens with zero attached hydrogens (tertiary/aromatic N) is 2. The summed E-state index contributed by atoms with van der Waals surface area (Å²) in [5.74, 6) is 1.78. The Kier molecular flexibility index (Phi) is 5.73. The summed E-state index contributed by atoms with van der Waals surface area (Å²) in [5, 5.41) is 0. The molecule has 0 aromatic heterocycles. The van der Waals surface area contributed by atoms with Gasteiger partial charge in [0.05, 0.1) is 13.0 Å². The molecule has 1 saturated carbocycles. The molecular weight excluding hydrogens is 400 g/mol. The lowest BCUT2D eigenvalue weighted by atomic mass is 9.59. The SMILES string of the molecule is COc1ccc(N2CCN(C[C@H]3C(=O)O[C@@H]4C[C@@]5(C)CCC[C@H](C)C5=C[C@@H]43)C[C@@H]2C)cc1. The van der Waals surface area contributed by atoms with Crippen LogP contribution in [0.15, 0.2) is 35.9 Å². The molecule has 0 unspecified atom stereocenters. The van der Waals surface area contributed by atoms with Gasteiger partial charge in [-0.3, -0.25) is 9.69 Å². The lowest BCUT2D eigenvalue weighted by Gasteiger charge is -2.46. The highest BCUT2D eigenvalue weighted by Crippen LogP contribution is 2.54. The molecule has 6 atom stereocenters. The maximum absolute atomic E-state index is 12.9. The molecule has 5 nitrogen and oxygen atoms in total. The summed E-state index contributed by atoms with van der Waals surface area (Å²) in [6.45, 7) is 10.8. The number of benzene rings is 1. The molecule has 2 saturated heterocycles. The molecule has 2 aliphatic carbocycles. The van der Waals surface area contributed by atoms with Crippen LogP contribution in [-0.2, 0) is 9.53 Å². The Morgan fingerprint density at radius 3 is 2.69 bits per heavy atom. The third-order valence-corrected chi connectivity index (χ3v) is 8.65. The number of allylic oxidation sites excluding steroid dienone is 1. The number of methoxy groups -OCH3 is 1. The molecule has 32 heavy (non-hydrogen) atoms. The average Bonchev–Trinajstić information content (AvgIpc) is 3.06. The fraction of sp³-hybridized carbons (Fsp3) is 0.667. The van der Waals surface area contributed by atoms with Gasteiger partial charge >= 0.3 is 5.97 Å². The highest BCUT2D eigenvalue weighted by molar-refractivity contribution is 5.76. The number of anilines is 1. The second kappa shape index (κ2) is 8.40. The van der Waals surface area contributed by atoms with E-state index in [1.165, 1.54) is 24.9 Å². The molecule has 3 fully saturated rings. The van der Waals surface area contributed by atoms with Gasteiger partial charge in [-0.15, -0.1) is 0 Å². The van der Waals surface area contributed by atoms with Crippen molar-refractivity contribution in [2.24, 2.45) is 23.2 Å². The van der Waals surface area contributed by atoms with Gasteiger partial charge < -0.3 is 14.4 Å². The molecule has 0 radical (unpaired) electrons. The standard InChI is InChI=1S/C27H38N2O3/c1-18-6-5-11-27(3)15-25-22(14-24(18)27)23(26(30)32-25)17-28-12-13-29(19(2)16-28)20-7-9-21(31-4)10-8-20/h7-10,14,18-19,22-23,25H,5-6,11-13,15-17H2,1-4H3/t18-,19-,22+,23+,25+,27+/m0/s1. The van der Waals surface area contributed by atoms with E-state index in [0.29, 0.717) is 12.0 Å². The molecule has 0 amide bonds. The Morgan fingerprint density at radius 1 is 1.19 bits per heavy atom. The molecule has 5 heteroatoms. The highest BCUT2D eigenvalue weighted by Gasteiger charge is 2.52. The molecule has 0 bridgehead atoms. The first kappa shape index (κ1) is 21.8. The van der Waals surface area contributed by atoms with E-state index in [1.54, 1.807) is 12.7 Å². The second-order valence-electron chi connectivity index (χ2n) is 10.8. The van der Waals surface area contributed by atoms with Crippen molar-refractivity contribution < 1.29 is 14.3 Å². The molecule has 174 valence electrons. The number of ether oxygens (including phenoxy) is 2. The van der Waals surface area contributed by atoms with E-state index >= 15 is 0 Å². The number of carbonyl (C=O) groups excluding carboxylic acids is 1. The topological polar surface area (TPSA) is 42.0 Å². The first-order valence-corrected chi connectivity index (χ1v) is 12.4. The largest absolute Gasteiger partial charge is 0.497 e. The maximum Gasteiger partial charge on any atom is 0.311 e. The fourth-order valence-electron chi connectivity index (χ4n) is 6.89. The number of piperazine rings is 1. The molecule has 2 heterocycles. The van der Waals surface area contributed by atoms with E-state index in [0.717, 1.165) is 38.3 Å². The summed E-state index contributed by atoms with van der Waals surface area (Å²) >= 11 is 0. The van der Waals surface area contributed by atoms with Crippen LogP contribution in [0.5, 0.6) is 5.75 Å². The van der Waals surface area contributed by atoms with Crippen LogP contribution in [0.3, 0.4) is 0 Å². The van der Waals surface area contributed by atoms with Crippen molar-refractivity contribution in [2.45, 2.75) is 58.6 Å². The number of carbonyl (C=O) groups is 1. The van der Waals surface area contributed by atoms with Crippen molar-refractivity contribution in [3.05, 3.63) is 35.9 Å². The van der Waals surface area contributed by atoms with E-state index < -0.39 is 0 Å². The molecular formula is C27H38N2O3. The van der Waals surface area contributed by atoms with E-state index in [1.807, 2.05) is 12.1 Å². The van der Waals surface area contributed by atoms with Gasteiger partial charge in [0.1, 0.15) is 11.9 Å². The smallest absolute Gasteiger partial charge is 0.311 e. The fourth-order valence-corrected chi connectivity index (χ4v) is 6.89. The van der Waals surface area contributed by atoms with Crippen molar-refractivity contribution >= 4 is 11.7 Å². The Balaban J connectivity index is 1.27. The lowest BCUT2D eigenvalue weighted by molar-refractivity contribution is -0.145. The monoisotopic (exact) mass is 438 g/mol. The van der Waals surface area contributed by atoms with Crippen LogP contribution in [-0.4, -0.2) is 56.3 Å². The van der Waals surface area contributed by atoms with Crippen LogP contribution in [0.2, 0.25) is 0 Å². The molecule has 2 aliphatic heterocycles. The zero-order valence-corrected chi connectivity index (χ0v) is 20.0. The number of hydrogen-bond donors (Lipinski definition) is 0. The molecule has 0 N–H and O–H groups in total. The zero-order valence-electron chi connectivity index (χ0n) is 20.0. The van der Waals surface area contributed by atoms with Crippen molar-refractivity contribution in [3.8, 4) is 5.75 Å². The highest BCUT2D eigenvalue weighted by atomic mass is 16.6. The molecule has 1 aromatic carbocycles. The molecule has 4 aliphatic rings. The van der Waals surface area contributed by atoms with Gasteiger partial charge in [-0.25, -0.2) is 0 Å². The predicted molar refractivity (Wildman–Crippen MR) is 127 cm³/mol. The van der Waals surface area contributed by atoms with Gasteiger partial charge in [0.2, 0.25) is 0 Å². The van der Waals surface area contributed by atoms with E-state index in [2.05, 4.69) is 48.8 Å². The van der Waals surface area contributed by atoms with Crippen molar-refractivity contribution in [1.29, 1.82) is 0 Å². The Morgan fingerprint density at radius 2 is 1.97 bits per heavy atom. The van der Waals surface area contributed by atoms with Gasteiger partial charge in [0.15, 0.2) is 0 Å². The summed E-state index contributed by atoms with van der Waals surface area (Å²) < 4.78 is 11.3. The van der Waals surface area contributed by atoms with Gasteiger partial charge in [-0.05, 0) is 61.8 Å². The van der Waals surface area contributed by atoms with E-state index in [9.17, 15) is 4.79 Å². The van der Waals surface area contributed by atoms with Crippen molar-refractivity contribution in [3.63, 3.8) is 0 Å². The van der Waals surface area contributed by atoms with Crippen LogP contribution in [0.25, 0.3) is 0 Å². The van der Waals surface area contributed by atoms with Crippen LogP contribution < -0.4 is 9.64 Å². The Bertz CT molecular complexity index is 881. The first-order valence-electron chi connectivity index (χ1n) is 12.4. The predicted octanol–water partition coefficient (Wildman–Crippen LogP) is 4.52. The van der Waals surface area contributed by atoms with E-state index in [-0.39, 0.29) is 29.3 Å². The average molecular weight is 439 g/mol. The second-order valence-corrected chi connectivity index (χ2v) is 10.8. The van der Waals surface area contributed by atoms with Crippen LogP contribution in [0.4, 0.5) is 5.69 Å². The summed E-state index contributed by atoms with van der Waals surface area (Å²) in [5.41, 5.74) is 3.07. The maximum atomic E-state index is 12.9. The lowest BCUT2D eigenvalue weighted by Crippen LogP contribution is -2.53. The summed E-state index contributed by atoms with van der Waals surface area (Å²) in [6, 6.07) is 8.73. The Labute approximate surface area is 192 Å². The van der Waals surface area contributed by atoms with Gasteiger partial charge in [-0.1, -0.05) is 31.9 Å². The van der Waals surface area contributed by atoms with Crippen LogP contribution in [0.1, 0.15) is 46.5 Å². The normalized spacial score (nSPS) is 37.4. The number of rotatable bonds is 4. The van der Waals surface area contributed by atoms with Gasteiger partial charge in [0, 0.05) is 43.8 Å². The van der Waals surface area contributed by atoms with Crippen LogP contribution in [0, 0.1) is 23.2 Å². The first-order chi connectivity index (χ1) is 15.4. The summed E-state index contributed by atoms with van der Waals surface area (Å²) in [7, 11) is 1.70. The minimum Gasteiger partial charge on any atom is -0.497 e. The van der Waals surface area contributed by atoms with Crippen LogP contribution >= 0.6 is 0 Å². The van der Waals surface area contributed by atoms with Crippen molar-refractivity contribution in [2.75, 3.05) is 38.2 Å². The molecule has 5 rings (SSSR count). The molecule has 0 spiro atoms. The van der Waals surface area contributed by atoms with E-state index in [4.69, 9.17) is 9.47 Å². The third kappa shape index (κ3) is 3.83. The zero-order chi connectivity index (χ0) is 22.5. The van der Waals surface area contributed by atoms with Crippen molar-refractivity contribution in [1.82, 2.24) is 4.90 Å². The summed E-state index contributed by atoms with van der Waals surface area (Å²) in [6.07, 6.45) is 7.37. The van der Waals surface area contributed by atoms with Gasteiger partial charge in [0.25, 0.3) is 0 Å². The minimum absolute atomic E-state index is 0.0223. The quantitative estimate of drug-likeness (QED) is 0.511. The third-order valence-electron chi connectivity index (χ3n) is 8.65. The molecule has 1 aromatic rings. The van der Waals surface area contributed by atoms with Gasteiger partial charge in [-0.2, -0.15) is 0 Å². The summed E-state index contributed by atoms with van der Waals surface area (Å²) in [4.78, 5) is 17.9. The number of hydrogen-bond acceptors (Lipinski definition) is 5. The Hall–Kier alpha value is -2.01. The number of esters is 1. The minimum atomic E-state index is -0.0223. The number of fused-ring (bicyclic) bond motifs is 2.